The van der Waals surface area contributed by atoms with Crippen LogP contribution in [0.3, 0.4) is 0 Å². The van der Waals surface area contributed by atoms with Crippen molar-refractivity contribution >= 4 is 5.91 Å². The van der Waals surface area contributed by atoms with Gasteiger partial charge in [0, 0.05) is 32.0 Å². The lowest BCUT2D eigenvalue weighted by Gasteiger charge is -2.08. The number of methoxy groups -OCH3 is 1. The number of ether oxygens (including phenoxy) is 1. The zero-order valence-electron chi connectivity index (χ0n) is 14.3. The Bertz CT molecular complexity index is 750. The first-order valence-electron chi connectivity index (χ1n) is 7.87. The maximum Gasteiger partial charge on any atom is 0.271 e. The van der Waals surface area contributed by atoms with Crippen LogP contribution in [0.1, 0.15) is 28.3 Å². The molecule has 0 radical (unpaired) electrons. The van der Waals surface area contributed by atoms with E-state index in [0.717, 1.165) is 24.4 Å². The number of hydrogen-bond donors (Lipinski definition) is 1. The average molecular weight is 333 g/mol. The van der Waals surface area contributed by atoms with E-state index in [9.17, 15) is 9.59 Å². The van der Waals surface area contributed by atoms with Crippen LogP contribution < -0.4 is 10.9 Å². The third-order valence-corrected chi connectivity index (χ3v) is 3.54. The van der Waals surface area contributed by atoms with Crippen LogP contribution in [0.15, 0.2) is 23.0 Å². The van der Waals surface area contributed by atoms with Gasteiger partial charge >= 0.3 is 0 Å². The highest BCUT2D eigenvalue weighted by Crippen LogP contribution is 2.02. The summed E-state index contributed by atoms with van der Waals surface area (Å²) in [6.07, 6.45) is 0.761. The largest absolute Gasteiger partial charge is 0.383 e. The number of carbonyl (C=O) groups excluding carboxylic acids is 1. The predicted molar refractivity (Wildman–Crippen MR) is 89.0 cm³/mol. The second-order valence-electron chi connectivity index (χ2n) is 5.53. The number of nitrogens with one attached hydrogen (secondary N) is 1. The fourth-order valence-electron chi connectivity index (χ4n) is 2.33. The second-order valence-corrected chi connectivity index (χ2v) is 5.53. The molecule has 2 aromatic heterocycles. The quantitative estimate of drug-likeness (QED) is 0.711. The van der Waals surface area contributed by atoms with E-state index in [4.69, 9.17) is 4.74 Å². The van der Waals surface area contributed by atoms with Crippen LogP contribution in [0, 0.1) is 13.8 Å². The normalized spacial score (nSPS) is 10.8. The summed E-state index contributed by atoms with van der Waals surface area (Å²) < 4.78 is 8.08. The van der Waals surface area contributed by atoms with Gasteiger partial charge in [-0.3, -0.25) is 14.3 Å². The van der Waals surface area contributed by atoms with Crippen molar-refractivity contribution in [1.82, 2.24) is 24.9 Å². The van der Waals surface area contributed by atoms with Gasteiger partial charge in [0.15, 0.2) is 0 Å². The summed E-state index contributed by atoms with van der Waals surface area (Å²) in [7, 11) is 1.55. The van der Waals surface area contributed by atoms with E-state index in [1.54, 1.807) is 7.11 Å². The molecule has 0 aliphatic carbocycles. The molecule has 0 saturated carbocycles. The molecule has 8 heteroatoms. The number of aryl methyl sites for hydroxylation is 3. The molecule has 0 aromatic carbocycles. The van der Waals surface area contributed by atoms with Gasteiger partial charge in [-0.1, -0.05) is 0 Å². The first kappa shape index (κ1) is 17.9. The van der Waals surface area contributed by atoms with Crippen LogP contribution >= 0.6 is 0 Å². The second kappa shape index (κ2) is 8.39. The van der Waals surface area contributed by atoms with Crippen LogP contribution in [-0.4, -0.2) is 45.7 Å². The van der Waals surface area contributed by atoms with Crippen molar-refractivity contribution in [3.05, 3.63) is 45.6 Å². The number of nitrogens with zero attached hydrogens (tertiary/aromatic N) is 4. The van der Waals surface area contributed by atoms with Gasteiger partial charge in [-0.15, -0.1) is 0 Å². The number of amides is 1. The predicted octanol–water partition coefficient (Wildman–Crippen LogP) is 0.523. The number of carbonyl (C=O) groups is 1. The maximum atomic E-state index is 12.1. The highest BCUT2D eigenvalue weighted by molar-refractivity contribution is 5.91. The summed E-state index contributed by atoms with van der Waals surface area (Å²) in [6.45, 7) is 5.88. The molecule has 0 bridgehead atoms. The monoisotopic (exact) mass is 333 g/mol. The van der Waals surface area contributed by atoms with Crippen molar-refractivity contribution in [3.8, 4) is 0 Å². The molecule has 24 heavy (non-hydrogen) atoms. The summed E-state index contributed by atoms with van der Waals surface area (Å²) in [6, 6.07) is 4.79. The first-order chi connectivity index (χ1) is 11.5. The molecule has 0 aliphatic heterocycles. The maximum absolute atomic E-state index is 12.1. The molecule has 0 unspecified atom stereocenters. The summed E-state index contributed by atoms with van der Waals surface area (Å²) in [5.74, 6) is -0.297. The van der Waals surface area contributed by atoms with Crippen molar-refractivity contribution in [2.24, 2.45) is 0 Å². The minimum Gasteiger partial charge on any atom is -0.383 e. The van der Waals surface area contributed by atoms with Crippen molar-refractivity contribution in [1.29, 1.82) is 0 Å². The molecule has 1 amide bonds. The van der Waals surface area contributed by atoms with Gasteiger partial charge in [-0.25, -0.2) is 4.68 Å². The molecule has 0 atom stereocenters. The Morgan fingerprint density at radius 1 is 1.21 bits per heavy atom. The van der Waals surface area contributed by atoms with Gasteiger partial charge < -0.3 is 10.1 Å². The third kappa shape index (κ3) is 4.76. The van der Waals surface area contributed by atoms with Gasteiger partial charge in [-0.05, 0) is 32.4 Å². The lowest BCUT2D eigenvalue weighted by Crippen LogP contribution is -2.31. The van der Waals surface area contributed by atoms with E-state index in [2.05, 4.69) is 15.5 Å². The lowest BCUT2D eigenvalue weighted by atomic mass is 10.3. The van der Waals surface area contributed by atoms with Crippen molar-refractivity contribution in [3.63, 3.8) is 0 Å². The molecule has 130 valence electrons. The van der Waals surface area contributed by atoms with E-state index in [1.807, 2.05) is 24.6 Å². The molecule has 2 rings (SSSR count). The summed E-state index contributed by atoms with van der Waals surface area (Å²) in [5, 5.41) is 11.2. The Balaban J connectivity index is 1.86. The SMILES string of the molecule is COCCn1nc(C(=O)NCCCn2nc(C)cc2C)ccc1=O. The average Bonchev–Trinajstić information content (AvgIpc) is 2.88. The molecule has 0 spiro atoms. The minimum atomic E-state index is -0.297. The minimum absolute atomic E-state index is 0.219. The summed E-state index contributed by atoms with van der Waals surface area (Å²) in [5.41, 5.74) is 2.05. The highest BCUT2D eigenvalue weighted by atomic mass is 16.5. The van der Waals surface area contributed by atoms with Gasteiger partial charge in [0.05, 0.1) is 18.8 Å². The van der Waals surface area contributed by atoms with Crippen molar-refractivity contribution in [2.75, 3.05) is 20.3 Å². The summed E-state index contributed by atoms with van der Waals surface area (Å²) >= 11 is 0. The molecule has 2 heterocycles. The van der Waals surface area contributed by atoms with Crippen molar-refractivity contribution in [2.45, 2.75) is 33.4 Å². The lowest BCUT2D eigenvalue weighted by molar-refractivity contribution is 0.0944. The smallest absolute Gasteiger partial charge is 0.271 e. The van der Waals surface area contributed by atoms with Crippen LogP contribution in [0.4, 0.5) is 0 Å². The highest BCUT2D eigenvalue weighted by Gasteiger charge is 2.09. The molecule has 0 saturated heterocycles. The Kier molecular flexibility index (Phi) is 6.25. The van der Waals surface area contributed by atoms with Gasteiger partial charge in [0.25, 0.3) is 11.5 Å². The molecule has 1 N–H and O–H groups in total. The zero-order chi connectivity index (χ0) is 17.5. The molecular formula is C16H23N5O3. The van der Waals surface area contributed by atoms with Gasteiger partial charge in [0.2, 0.25) is 0 Å². The van der Waals surface area contributed by atoms with E-state index in [0.29, 0.717) is 19.7 Å². The van der Waals surface area contributed by atoms with Gasteiger partial charge in [-0.2, -0.15) is 10.2 Å². The molecule has 0 aliphatic rings. The van der Waals surface area contributed by atoms with Crippen molar-refractivity contribution < 1.29 is 9.53 Å². The zero-order valence-corrected chi connectivity index (χ0v) is 14.3. The number of rotatable bonds is 8. The Hall–Kier alpha value is -2.48. The Morgan fingerprint density at radius 2 is 2.00 bits per heavy atom. The Morgan fingerprint density at radius 3 is 2.67 bits per heavy atom. The van der Waals surface area contributed by atoms with Crippen LogP contribution in [0.25, 0.3) is 0 Å². The summed E-state index contributed by atoms with van der Waals surface area (Å²) in [4.78, 5) is 23.8. The van der Waals surface area contributed by atoms with E-state index in [1.165, 1.54) is 16.8 Å². The van der Waals surface area contributed by atoms with E-state index >= 15 is 0 Å². The fourth-order valence-corrected chi connectivity index (χ4v) is 2.33. The molecular weight excluding hydrogens is 310 g/mol. The van der Waals surface area contributed by atoms with E-state index in [-0.39, 0.29) is 17.2 Å². The standard InChI is InChI=1S/C16H23N5O3/c1-12-11-13(2)20(18-12)8-4-7-17-16(23)14-5-6-15(22)21(19-14)9-10-24-3/h5-6,11H,4,7-10H2,1-3H3,(H,17,23). The number of aromatic nitrogens is 4. The third-order valence-electron chi connectivity index (χ3n) is 3.54. The van der Waals surface area contributed by atoms with Crippen LogP contribution in [0.2, 0.25) is 0 Å². The Labute approximate surface area is 140 Å². The fraction of sp³-hybridized carbons (Fsp3) is 0.500. The molecule has 0 fully saturated rings. The van der Waals surface area contributed by atoms with Crippen LogP contribution in [0.5, 0.6) is 0 Å². The topological polar surface area (TPSA) is 91.0 Å². The van der Waals surface area contributed by atoms with Crippen LogP contribution in [-0.2, 0) is 17.8 Å². The van der Waals surface area contributed by atoms with E-state index < -0.39 is 0 Å². The first-order valence-corrected chi connectivity index (χ1v) is 7.87. The number of hydrogen-bond acceptors (Lipinski definition) is 5. The molecule has 2 aromatic rings. The van der Waals surface area contributed by atoms with Gasteiger partial charge in [0.1, 0.15) is 5.69 Å². The molecule has 8 nitrogen and oxygen atoms in total.